The number of hydrogen-bond donors (Lipinski definition) is 4. The molecule has 0 aromatic carbocycles. The van der Waals surface area contributed by atoms with Gasteiger partial charge < -0.3 is 20.4 Å². The van der Waals surface area contributed by atoms with Gasteiger partial charge in [-0.3, -0.25) is 4.79 Å². The molecule has 5 heteroatoms. The molecule has 4 N–H and O–H groups in total. The highest BCUT2D eigenvalue weighted by molar-refractivity contribution is 5.79. The van der Waals surface area contributed by atoms with Gasteiger partial charge in [-0.1, -0.05) is 51.2 Å². The predicted molar refractivity (Wildman–Crippen MR) is 107 cm³/mol. The van der Waals surface area contributed by atoms with Gasteiger partial charge in [0.25, 0.3) is 0 Å². The molecule has 0 radical (unpaired) electrons. The predicted octanol–water partition coefficient (Wildman–Crippen LogP) is 3.13. The van der Waals surface area contributed by atoms with E-state index in [1.165, 1.54) is 0 Å². The van der Waals surface area contributed by atoms with Crippen molar-refractivity contribution >= 4 is 5.78 Å². The first-order valence-corrected chi connectivity index (χ1v) is 10.7. The number of Topliss-reactive ketones (excluding diaryl/α,β-unsaturated/α-hetero) is 1. The average molecular weight is 385 g/mol. The lowest BCUT2D eigenvalue weighted by atomic mass is 9.87. The quantitative estimate of drug-likeness (QED) is 0.272. The van der Waals surface area contributed by atoms with E-state index in [4.69, 9.17) is 5.11 Å². The van der Waals surface area contributed by atoms with Gasteiger partial charge in [-0.15, -0.1) is 0 Å². The van der Waals surface area contributed by atoms with Crippen molar-refractivity contribution in [3.63, 3.8) is 0 Å². The number of carbonyl (C=O) groups excluding carboxylic acids is 1. The molecule has 1 fully saturated rings. The summed E-state index contributed by atoms with van der Waals surface area (Å²) >= 11 is 0. The summed E-state index contributed by atoms with van der Waals surface area (Å²) in [6.45, 7) is 3.59. The van der Waals surface area contributed by atoms with Crippen molar-refractivity contribution < 1.29 is 25.2 Å². The molecular weight excluding hydrogens is 344 g/mol. The molecule has 0 aromatic rings. The number of aliphatic hydroxyl groups excluding tert-OH is 3. The Morgan fingerprint density at radius 3 is 2.48 bits per heavy atom. The normalized spacial score (nSPS) is 27.9. The fourth-order valence-corrected chi connectivity index (χ4v) is 4.05. The Kier molecular flexibility index (Phi) is 11.4. The van der Waals surface area contributed by atoms with Crippen molar-refractivity contribution in [3.05, 3.63) is 12.2 Å². The molecule has 1 aliphatic carbocycles. The van der Waals surface area contributed by atoms with E-state index in [-0.39, 0.29) is 24.2 Å². The van der Waals surface area contributed by atoms with E-state index in [2.05, 4.69) is 6.92 Å². The first-order chi connectivity index (χ1) is 12.8. The molecule has 158 valence electrons. The zero-order valence-electron chi connectivity index (χ0n) is 17.1. The van der Waals surface area contributed by atoms with Gasteiger partial charge in [0.1, 0.15) is 6.61 Å². The van der Waals surface area contributed by atoms with Crippen LogP contribution in [0.2, 0.25) is 0 Å². The summed E-state index contributed by atoms with van der Waals surface area (Å²) in [5, 5.41) is 39.7. The van der Waals surface area contributed by atoms with E-state index >= 15 is 0 Å². The van der Waals surface area contributed by atoms with Gasteiger partial charge in [-0.2, -0.15) is 0 Å². The molecule has 1 aliphatic rings. The van der Waals surface area contributed by atoms with Crippen LogP contribution >= 0.6 is 0 Å². The minimum absolute atomic E-state index is 0.0518. The van der Waals surface area contributed by atoms with Crippen LogP contribution in [0, 0.1) is 11.8 Å². The summed E-state index contributed by atoms with van der Waals surface area (Å²) < 4.78 is 0. The van der Waals surface area contributed by atoms with Gasteiger partial charge >= 0.3 is 0 Å². The number of unbranched alkanes of at least 4 members (excludes halogenated alkanes) is 4. The van der Waals surface area contributed by atoms with Gasteiger partial charge in [0.2, 0.25) is 0 Å². The third kappa shape index (κ3) is 9.33. The van der Waals surface area contributed by atoms with Crippen LogP contribution in [0.4, 0.5) is 0 Å². The van der Waals surface area contributed by atoms with Crippen molar-refractivity contribution in [1.82, 2.24) is 0 Å². The first kappa shape index (κ1) is 24.3. The molecule has 1 saturated carbocycles. The number of rotatable bonds is 14. The van der Waals surface area contributed by atoms with Gasteiger partial charge in [0.05, 0.1) is 17.8 Å². The highest BCUT2D eigenvalue weighted by Gasteiger charge is 2.39. The van der Waals surface area contributed by atoms with Crippen LogP contribution in [-0.2, 0) is 4.79 Å². The Morgan fingerprint density at radius 2 is 1.81 bits per heavy atom. The van der Waals surface area contributed by atoms with Crippen molar-refractivity contribution in [2.75, 3.05) is 6.61 Å². The number of carbonyl (C=O) groups is 1. The lowest BCUT2D eigenvalue weighted by Gasteiger charge is -2.23. The minimum atomic E-state index is -0.712. The van der Waals surface area contributed by atoms with Crippen LogP contribution in [0.25, 0.3) is 0 Å². The minimum Gasteiger partial charge on any atom is -0.393 e. The monoisotopic (exact) mass is 384 g/mol. The van der Waals surface area contributed by atoms with Crippen LogP contribution < -0.4 is 0 Å². The fourth-order valence-electron chi connectivity index (χ4n) is 4.05. The SMILES string of the molecule is CCCCC(C)(O)C/C=C/[C@@H]1[C@@H](CCCCCCC(=O)CO)[C@H](O)C[C@H]1O. The molecule has 0 bridgehead atoms. The van der Waals surface area contributed by atoms with Crippen LogP contribution in [0.3, 0.4) is 0 Å². The highest BCUT2D eigenvalue weighted by Crippen LogP contribution is 2.37. The summed E-state index contributed by atoms with van der Waals surface area (Å²) in [6.07, 6.45) is 11.7. The second-order valence-electron chi connectivity index (χ2n) is 8.49. The first-order valence-electron chi connectivity index (χ1n) is 10.7. The Hall–Kier alpha value is -0.750. The standard InChI is InChI=1S/C22H40O5/c1-3-4-13-22(2,27)14-9-12-19-18(20(25)15-21(19)26)11-8-6-5-7-10-17(24)16-23/h9,12,18-21,23,25-27H,3-8,10-11,13-16H2,1-2H3/b12-9+/t18-,19-,20-,21-,22?/m1/s1. The molecule has 0 aromatic heterocycles. The van der Waals surface area contributed by atoms with Crippen molar-refractivity contribution in [2.24, 2.45) is 11.8 Å². The lowest BCUT2D eigenvalue weighted by Crippen LogP contribution is -2.23. The Morgan fingerprint density at radius 1 is 1.11 bits per heavy atom. The molecule has 5 atom stereocenters. The maximum Gasteiger partial charge on any atom is 0.158 e. The van der Waals surface area contributed by atoms with E-state index in [9.17, 15) is 20.1 Å². The van der Waals surface area contributed by atoms with Gasteiger partial charge in [-0.05, 0) is 38.5 Å². The highest BCUT2D eigenvalue weighted by atomic mass is 16.3. The third-order valence-corrected chi connectivity index (χ3v) is 5.82. The Balaban J connectivity index is 2.41. The molecule has 0 saturated heterocycles. The van der Waals surface area contributed by atoms with Crippen LogP contribution in [0.15, 0.2) is 12.2 Å². The molecule has 27 heavy (non-hydrogen) atoms. The second kappa shape index (κ2) is 12.7. The molecule has 0 spiro atoms. The fraction of sp³-hybridized carbons (Fsp3) is 0.864. The summed E-state index contributed by atoms with van der Waals surface area (Å²) in [4.78, 5) is 11.1. The molecule has 0 heterocycles. The Bertz CT molecular complexity index is 446. The van der Waals surface area contributed by atoms with E-state index in [0.29, 0.717) is 19.3 Å². The molecule has 0 aliphatic heterocycles. The average Bonchev–Trinajstić information content (AvgIpc) is 2.89. The molecule has 0 amide bonds. The van der Waals surface area contributed by atoms with Crippen molar-refractivity contribution in [1.29, 1.82) is 0 Å². The maximum absolute atomic E-state index is 11.1. The van der Waals surface area contributed by atoms with E-state index in [0.717, 1.165) is 51.4 Å². The van der Waals surface area contributed by atoms with Crippen LogP contribution in [-0.4, -0.2) is 50.6 Å². The smallest absolute Gasteiger partial charge is 0.158 e. The Labute approximate surface area is 164 Å². The van der Waals surface area contributed by atoms with Crippen LogP contribution in [0.5, 0.6) is 0 Å². The summed E-state index contributed by atoms with van der Waals surface area (Å²) in [6, 6.07) is 0. The van der Waals surface area contributed by atoms with E-state index in [1.807, 2.05) is 19.1 Å². The van der Waals surface area contributed by atoms with Gasteiger partial charge in [0, 0.05) is 18.8 Å². The lowest BCUT2D eigenvalue weighted by molar-refractivity contribution is -0.121. The second-order valence-corrected chi connectivity index (χ2v) is 8.49. The number of hydrogen-bond acceptors (Lipinski definition) is 5. The summed E-state index contributed by atoms with van der Waals surface area (Å²) in [5.74, 6) is -0.113. The number of aliphatic hydroxyl groups is 4. The zero-order valence-corrected chi connectivity index (χ0v) is 17.1. The summed E-state index contributed by atoms with van der Waals surface area (Å²) in [5.41, 5.74) is -0.712. The largest absolute Gasteiger partial charge is 0.393 e. The van der Waals surface area contributed by atoms with Gasteiger partial charge in [-0.25, -0.2) is 0 Å². The van der Waals surface area contributed by atoms with Crippen molar-refractivity contribution in [3.8, 4) is 0 Å². The van der Waals surface area contributed by atoms with Crippen molar-refractivity contribution in [2.45, 2.75) is 102 Å². The van der Waals surface area contributed by atoms with Gasteiger partial charge in [0.15, 0.2) is 5.78 Å². The van der Waals surface area contributed by atoms with E-state index in [1.54, 1.807) is 0 Å². The molecule has 1 rings (SSSR count). The molecular formula is C22H40O5. The molecule has 1 unspecified atom stereocenters. The van der Waals surface area contributed by atoms with E-state index < -0.39 is 17.8 Å². The zero-order chi connectivity index (χ0) is 20.3. The topological polar surface area (TPSA) is 98.0 Å². The summed E-state index contributed by atoms with van der Waals surface area (Å²) in [7, 11) is 0. The maximum atomic E-state index is 11.1. The molecule has 5 nitrogen and oxygen atoms in total. The van der Waals surface area contributed by atoms with Crippen LogP contribution in [0.1, 0.15) is 84.5 Å². The third-order valence-electron chi connectivity index (χ3n) is 5.82. The number of ketones is 1.